The maximum Gasteiger partial charge on any atom is 0.226 e. The average Bonchev–Trinajstić information content (AvgIpc) is 3.20. The van der Waals surface area contributed by atoms with Crippen molar-refractivity contribution in [2.75, 3.05) is 13.7 Å². The van der Waals surface area contributed by atoms with Gasteiger partial charge in [-0.3, -0.25) is 0 Å². The van der Waals surface area contributed by atoms with E-state index in [1.165, 1.54) is 5.56 Å². The highest BCUT2D eigenvalue weighted by atomic mass is 127. The number of oxazole rings is 1. The first kappa shape index (κ1) is 22.7. The van der Waals surface area contributed by atoms with Gasteiger partial charge in [-0.15, -0.1) is 24.0 Å². The van der Waals surface area contributed by atoms with Gasteiger partial charge in [0.05, 0.1) is 25.9 Å². The maximum absolute atomic E-state index is 5.61. The third kappa shape index (κ3) is 6.74. The number of guanidine groups is 1. The Hall–Kier alpha value is -2.62. The zero-order valence-corrected chi connectivity index (χ0v) is 19.1. The molecule has 2 heterocycles. The molecule has 0 aliphatic heterocycles. The van der Waals surface area contributed by atoms with Gasteiger partial charge in [0.2, 0.25) is 11.8 Å². The summed E-state index contributed by atoms with van der Waals surface area (Å²) in [6, 6.07) is 11.9. The van der Waals surface area contributed by atoms with Crippen LogP contribution in [0.3, 0.4) is 0 Å². The first-order valence-corrected chi connectivity index (χ1v) is 9.20. The number of aromatic nitrogens is 2. The molecule has 0 atom stereocenters. The minimum Gasteiger partial charge on any atom is -0.481 e. The van der Waals surface area contributed by atoms with Crippen molar-refractivity contribution in [3.8, 4) is 17.3 Å². The van der Waals surface area contributed by atoms with Crippen molar-refractivity contribution in [2.24, 2.45) is 4.99 Å². The average molecular weight is 507 g/mol. The van der Waals surface area contributed by atoms with Gasteiger partial charge in [0.25, 0.3) is 0 Å². The molecule has 0 bridgehead atoms. The summed E-state index contributed by atoms with van der Waals surface area (Å²) in [6.07, 6.45) is 3.38. The third-order valence-corrected chi connectivity index (χ3v) is 4.06. The van der Waals surface area contributed by atoms with Crippen molar-refractivity contribution >= 4 is 29.9 Å². The van der Waals surface area contributed by atoms with Gasteiger partial charge in [-0.2, -0.15) is 0 Å². The van der Waals surface area contributed by atoms with Crippen LogP contribution >= 0.6 is 24.0 Å². The van der Waals surface area contributed by atoms with E-state index in [9.17, 15) is 0 Å². The molecular formula is C21H26IN5O2. The number of benzene rings is 1. The van der Waals surface area contributed by atoms with E-state index in [0.29, 0.717) is 30.8 Å². The van der Waals surface area contributed by atoms with Crippen LogP contribution in [0.1, 0.15) is 23.7 Å². The lowest BCUT2D eigenvalue weighted by molar-refractivity contribution is 0.397. The van der Waals surface area contributed by atoms with Crippen LogP contribution in [0, 0.1) is 6.92 Å². The summed E-state index contributed by atoms with van der Waals surface area (Å²) in [5.41, 5.74) is 4.00. The smallest absolute Gasteiger partial charge is 0.226 e. The second-order valence-electron chi connectivity index (χ2n) is 6.27. The van der Waals surface area contributed by atoms with Crippen molar-refractivity contribution in [1.82, 2.24) is 20.6 Å². The van der Waals surface area contributed by atoms with Crippen LogP contribution in [0.2, 0.25) is 0 Å². The Morgan fingerprint density at radius 2 is 1.97 bits per heavy atom. The van der Waals surface area contributed by atoms with E-state index in [1.807, 2.05) is 43.3 Å². The van der Waals surface area contributed by atoms with Gasteiger partial charge in [-0.1, -0.05) is 17.7 Å². The first-order chi connectivity index (χ1) is 13.7. The van der Waals surface area contributed by atoms with Crippen LogP contribution in [-0.2, 0) is 13.1 Å². The Morgan fingerprint density at radius 1 is 1.17 bits per heavy atom. The van der Waals surface area contributed by atoms with Crippen LogP contribution < -0.4 is 15.4 Å². The standard InChI is InChI=1S/C21H25N5O2.HI/c1-4-22-21(24-12-16-9-10-23-19(11-16)27-3)25-13-18-14-28-20(26-18)17-7-5-15(2)6-8-17;/h5-11,14H,4,12-13H2,1-3H3,(H2,22,24,25);1H. The summed E-state index contributed by atoms with van der Waals surface area (Å²) in [5.74, 6) is 1.90. The maximum atomic E-state index is 5.61. The topological polar surface area (TPSA) is 84.6 Å². The van der Waals surface area contributed by atoms with Crippen LogP contribution in [0.25, 0.3) is 11.5 Å². The van der Waals surface area contributed by atoms with E-state index in [1.54, 1.807) is 19.6 Å². The van der Waals surface area contributed by atoms with Crippen LogP contribution in [0.15, 0.2) is 58.3 Å². The van der Waals surface area contributed by atoms with Crippen LogP contribution in [0.4, 0.5) is 0 Å². The van der Waals surface area contributed by atoms with E-state index in [2.05, 4.69) is 32.5 Å². The van der Waals surface area contributed by atoms with Gasteiger partial charge in [-0.05, 0) is 37.6 Å². The number of hydrogen-bond donors (Lipinski definition) is 2. The molecule has 29 heavy (non-hydrogen) atoms. The Balaban J connectivity index is 0.00000300. The second kappa shape index (κ2) is 11.4. The number of aryl methyl sites for hydroxylation is 1. The molecule has 0 unspecified atom stereocenters. The van der Waals surface area contributed by atoms with Crippen molar-refractivity contribution in [3.05, 3.63) is 65.7 Å². The number of ether oxygens (including phenoxy) is 1. The van der Waals surface area contributed by atoms with Gasteiger partial charge in [0, 0.05) is 24.4 Å². The van der Waals surface area contributed by atoms with Gasteiger partial charge in [-0.25, -0.2) is 15.0 Å². The third-order valence-electron chi connectivity index (χ3n) is 4.06. The molecule has 154 valence electrons. The van der Waals surface area contributed by atoms with Crippen LogP contribution in [0.5, 0.6) is 5.88 Å². The molecular weight excluding hydrogens is 481 g/mol. The first-order valence-electron chi connectivity index (χ1n) is 9.20. The number of hydrogen-bond acceptors (Lipinski definition) is 5. The fourth-order valence-corrected chi connectivity index (χ4v) is 2.56. The fraction of sp³-hybridized carbons (Fsp3) is 0.286. The number of rotatable bonds is 7. The van der Waals surface area contributed by atoms with Crippen LogP contribution in [-0.4, -0.2) is 29.6 Å². The summed E-state index contributed by atoms with van der Waals surface area (Å²) in [4.78, 5) is 13.3. The highest BCUT2D eigenvalue weighted by Crippen LogP contribution is 2.19. The molecule has 0 spiro atoms. The zero-order chi connectivity index (χ0) is 19.8. The number of methoxy groups -OCH3 is 1. The lowest BCUT2D eigenvalue weighted by Crippen LogP contribution is -2.36. The quantitative estimate of drug-likeness (QED) is 0.287. The molecule has 0 amide bonds. The minimum absolute atomic E-state index is 0. The number of pyridine rings is 1. The predicted molar refractivity (Wildman–Crippen MR) is 125 cm³/mol. The monoisotopic (exact) mass is 507 g/mol. The molecule has 0 radical (unpaired) electrons. The molecule has 3 rings (SSSR count). The molecule has 0 saturated carbocycles. The van der Waals surface area contributed by atoms with E-state index in [-0.39, 0.29) is 24.0 Å². The molecule has 0 aliphatic carbocycles. The van der Waals surface area contributed by atoms with Crippen molar-refractivity contribution in [1.29, 1.82) is 0 Å². The Labute approximate surface area is 188 Å². The van der Waals surface area contributed by atoms with Gasteiger partial charge >= 0.3 is 0 Å². The SMILES string of the molecule is CCNC(=NCc1ccnc(OC)c1)NCc1coc(-c2ccc(C)cc2)n1.I. The summed E-state index contributed by atoms with van der Waals surface area (Å²) in [5, 5.41) is 6.51. The second-order valence-corrected chi connectivity index (χ2v) is 6.27. The van der Waals surface area contributed by atoms with Gasteiger partial charge in [0.1, 0.15) is 6.26 Å². The summed E-state index contributed by atoms with van der Waals surface area (Å²) in [6.45, 7) is 5.87. The normalized spacial score (nSPS) is 10.9. The van der Waals surface area contributed by atoms with E-state index >= 15 is 0 Å². The predicted octanol–water partition coefficient (Wildman–Crippen LogP) is 3.93. The Morgan fingerprint density at radius 3 is 2.69 bits per heavy atom. The molecule has 1 aromatic carbocycles. The fourth-order valence-electron chi connectivity index (χ4n) is 2.56. The van der Waals surface area contributed by atoms with E-state index in [4.69, 9.17) is 9.15 Å². The summed E-state index contributed by atoms with van der Waals surface area (Å²) >= 11 is 0. The van der Waals surface area contributed by atoms with E-state index < -0.39 is 0 Å². The Bertz CT molecular complexity index is 925. The highest BCUT2D eigenvalue weighted by Gasteiger charge is 2.07. The number of aliphatic imine (C=N–C) groups is 1. The van der Waals surface area contributed by atoms with E-state index in [0.717, 1.165) is 23.4 Å². The molecule has 7 nitrogen and oxygen atoms in total. The minimum atomic E-state index is 0. The lowest BCUT2D eigenvalue weighted by atomic mass is 10.1. The molecule has 3 aromatic rings. The summed E-state index contributed by atoms with van der Waals surface area (Å²) < 4.78 is 10.8. The molecule has 2 aromatic heterocycles. The number of nitrogens with one attached hydrogen (secondary N) is 2. The lowest BCUT2D eigenvalue weighted by Gasteiger charge is -2.10. The van der Waals surface area contributed by atoms with Gasteiger partial charge < -0.3 is 19.8 Å². The zero-order valence-electron chi connectivity index (χ0n) is 16.8. The molecule has 2 N–H and O–H groups in total. The molecule has 0 saturated heterocycles. The van der Waals surface area contributed by atoms with Crippen molar-refractivity contribution in [2.45, 2.75) is 26.9 Å². The number of nitrogens with zero attached hydrogens (tertiary/aromatic N) is 3. The molecule has 0 aliphatic rings. The highest BCUT2D eigenvalue weighted by molar-refractivity contribution is 14.0. The van der Waals surface area contributed by atoms with Crippen molar-refractivity contribution in [3.63, 3.8) is 0 Å². The van der Waals surface area contributed by atoms with Crippen molar-refractivity contribution < 1.29 is 9.15 Å². The molecule has 8 heteroatoms. The summed E-state index contributed by atoms with van der Waals surface area (Å²) in [7, 11) is 1.60. The largest absolute Gasteiger partial charge is 0.481 e. The van der Waals surface area contributed by atoms with Gasteiger partial charge in [0.15, 0.2) is 5.96 Å². The Kier molecular flexibility index (Phi) is 8.91. The number of halogens is 1. The molecule has 0 fully saturated rings.